The normalized spacial score (nSPS) is 16.8. The molecule has 1 aliphatic heterocycles. The number of esters is 1. The SMILES string of the molecule is CCCCCCCCCCCCC1OC(=O)c2cc(C)sc2N1NC. The number of hydrogen-bond donors (Lipinski definition) is 1. The summed E-state index contributed by atoms with van der Waals surface area (Å²) in [5.74, 6) is -0.178. The molecule has 0 radical (unpaired) electrons. The third-order valence-electron chi connectivity index (χ3n) is 4.85. The Labute approximate surface area is 156 Å². The lowest BCUT2D eigenvalue weighted by Crippen LogP contribution is -2.49. The van der Waals surface area contributed by atoms with Crippen LogP contribution < -0.4 is 10.4 Å². The number of carbonyl (C=O) groups excluding carboxylic acids is 1. The molecule has 142 valence electrons. The molecule has 2 heterocycles. The first-order valence-electron chi connectivity index (χ1n) is 9.95. The van der Waals surface area contributed by atoms with Gasteiger partial charge < -0.3 is 4.74 Å². The summed E-state index contributed by atoms with van der Waals surface area (Å²) in [7, 11) is 1.89. The van der Waals surface area contributed by atoms with Crippen molar-refractivity contribution in [1.82, 2.24) is 5.43 Å². The van der Waals surface area contributed by atoms with Gasteiger partial charge in [-0.2, -0.15) is 0 Å². The van der Waals surface area contributed by atoms with Crippen LogP contribution in [0.3, 0.4) is 0 Å². The van der Waals surface area contributed by atoms with Gasteiger partial charge in [-0.3, -0.25) is 5.01 Å². The van der Waals surface area contributed by atoms with Crippen molar-refractivity contribution in [3.63, 3.8) is 0 Å². The third-order valence-corrected chi connectivity index (χ3v) is 5.90. The number of rotatable bonds is 12. The van der Waals surface area contributed by atoms with Gasteiger partial charge >= 0.3 is 5.97 Å². The standard InChI is InChI=1S/C20H34N2O2S/c1-4-5-6-7-8-9-10-11-12-13-14-18-22(21-3)19-17(20(23)24-18)15-16(2)25-19/h15,18,21H,4-14H2,1-3H3. The average molecular weight is 367 g/mol. The van der Waals surface area contributed by atoms with E-state index in [1.807, 2.05) is 25.0 Å². The van der Waals surface area contributed by atoms with E-state index in [1.54, 1.807) is 11.3 Å². The predicted molar refractivity (Wildman–Crippen MR) is 106 cm³/mol. The lowest BCUT2D eigenvalue weighted by molar-refractivity contribution is 0.0208. The van der Waals surface area contributed by atoms with Gasteiger partial charge in [0.1, 0.15) is 5.00 Å². The van der Waals surface area contributed by atoms with Gasteiger partial charge in [0, 0.05) is 18.3 Å². The van der Waals surface area contributed by atoms with Crippen molar-refractivity contribution in [2.45, 2.75) is 90.7 Å². The molecule has 1 aromatic heterocycles. The number of aryl methyl sites for hydroxylation is 1. The Kier molecular flexibility index (Phi) is 8.76. The summed E-state index contributed by atoms with van der Waals surface area (Å²) in [6.45, 7) is 4.29. The molecule has 4 nitrogen and oxygen atoms in total. The minimum absolute atomic E-state index is 0.178. The summed E-state index contributed by atoms with van der Waals surface area (Å²) in [4.78, 5) is 13.3. The van der Waals surface area contributed by atoms with Crippen LogP contribution in [0.25, 0.3) is 0 Å². The maximum absolute atomic E-state index is 12.2. The highest BCUT2D eigenvalue weighted by Gasteiger charge is 2.33. The predicted octanol–water partition coefficient (Wildman–Crippen LogP) is 5.80. The van der Waals surface area contributed by atoms with Gasteiger partial charge in [-0.1, -0.05) is 64.7 Å². The van der Waals surface area contributed by atoms with E-state index in [0.717, 1.165) is 22.7 Å². The fourth-order valence-electron chi connectivity index (χ4n) is 3.44. The highest BCUT2D eigenvalue weighted by atomic mass is 32.1. The lowest BCUT2D eigenvalue weighted by Gasteiger charge is -2.35. The number of cyclic esters (lactones) is 1. The zero-order valence-corrected chi connectivity index (χ0v) is 16.9. The van der Waals surface area contributed by atoms with Crippen LogP contribution in [0.15, 0.2) is 6.07 Å². The largest absolute Gasteiger partial charge is 0.436 e. The highest BCUT2D eigenvalue weighted by Crippen LogP contribution is 2.36. The number of nitrogens with one attached hydrogen (secondary N) is 1. The second kappa shape index (κ2) is 10.8. The zero-order valence-electron chi connectivity index (χ0n) is 16.1. The number of nitrogens with zero attached hydrogens (tertiary/aromatic N) is 1. The van der Waals surface area contributed by atoms with Gasteiger partial charge in [0.15, 0.2) is 6.23 Å². The minimum atomic E-state index is -0.183. The van der Waals surface area contributed by atoms with Gasteiger partial charge in [0.25, 0.3) is 0 Å². The summed E-state index contributed by atoms with van der Waals surface area (Å²) >= 11 is 1.65. The van der Waals surface area contributed by atoms with Crippen LogP contribution in [-0.4, -0.2) is 19.2 Å². The molecule has 0 saturated heterocycles. The van der Waals surface area contributed by atoms with Gasteiger partial charge in [-0.25, -0.2) is 10.2 Å². The summed E-state index contributed by atoms with van der Waals surface area (Å²) in [5, 5.41) is 3.01. The summed E-state index contributed by atoms with van der Waals surface area (Å²) in [5.41, 5.74) is 3.89. The number of hydrazine groups is 1. The van der Waals surface area contributed by atoms with Gasteiger partial charge in [-0.05, 0) is 19.4 Å². The van der Waals surface area contributed by atoms with Crippen LogP contribution in [0.2, 0.25) is 0 Å². The van der Waals surface area contributed by atoms with E-state index in [-0.39, 0.29) is 12.2 Å². The molecule has 0 amide bonds. The van der Waals surface area contributed by atoms with Crippen molar-refractivity contribution in [2.24, 2.45) is 0 Å². The Hall–Kier alpha value is -1.07. The van der Waals surface area contributed by atoms with Crippen molar-refractivity contribution in [3.8, 4) is 0 Å². The number of thiophene rings is 1. The molecule has 1 aliphatic rings. The fraction of sp³-hybridized carbons (Fsp3) is 0.750. The van der Waals surface area contributed by atoms with Crippen LogP contribution in [0.4, 0.5) is 5.00 Å². The molecule has 1 unspecified atom stereocenters. The summed E-state index contributed by atoms with van der Waals surface area (Å²) < 4.78 is 5.64. The third kappa shape index (κ3) is 6.00. The minimum Gasteiger partial charge on any atom is -0.436 e. The van der Waals surface area contributed by atoms with Crippen molar-refractivity contribution < 1.29 is 9.53 Å². The number of carbonyl (C=O) groups is 1. The molecule has 0 saturated carbocycles. The van der Waals surface area contributed by atoms with E-state index in [0.29, 0.717) is 5.56 Å². The van der Waals surface area contributed by atoms with Crippen LogP contribution in [0.1, 0.15) is 92.8 Å². The molecule has 1 aromatic rings. The van der Waals surface area contributed by atoms with Crippen molar-refractivity contribution in [3.05, 3.63) is 16.5 Å². The summed E-state index contributed by atoms with van der Waals surface area (Å²) in [6, 6.07) is 1.92. The fourth-order valence-corrected chi connectivity index (χ4v) is 4.48. The molecule has 1 N–H and O–H groups in total. The number of ether oxygens (including phenoxy) is 1. The number of fused-ring (bicyclic) bond motifs is 1. The molecule has 1 atom stereocenters. The molecule has 2 rings (SSSR count). The first-order valence-corrected chi connectivity index (χ1v) is 10.8. The van der Waals surface area contributed by atoms with Crippen LogP contribution in [0.5, 0.6) is 0 Å². The Balaban J connectivity index is 1.65. The highest BCUT2D eigenvalue weighted by molar-refractivity contribution is 7.16. The van der Waals surface area contributed by atoms with E-state index in [9.17, 15) is 4.79 Å². The molecule has 25 heavy (non-hydrogen) atoms. The van der Waals surface area contributed by atoms with E-state index in [4.69, 9.17) is 4.74 Å². The quantitative estimate of drug-likeness (QED) is 0.375. The van der Waals surface area contributed by atoms with E-state index >= 15 is 0 Å². The Morgan fingerprint density at radius 1 is 1.08 bits per heavy atom. The van der Waals surface area contributed by atoms with E-state index < -0.39 is 0 Å². The average Bonchev–Trinajstić information content (AvgIpc) is 2.99. The van der Waals surface area contributed by atoms with Crippen molar-refractivity contribution >= 4 is 22.3 Å². The maximum atomic E-state index is 12.2. The van der Waals surface area contributed by atoms with Crippen LogP contribution in [-0.2, 0) is 4.74 Å². The maximum Gasteiger partial charge on any atom is 0.343 e. The Morgan fingerprint density at radius 2 is 1.68 bits per heavy atom. The first kappa shape index (κ1) is 20.2. The number of unbranched alkanes of at least 4 members (excludes halogenated alkanes) is 9. The summed E-state index contributed by atoms with van der Waals surface area (Å²) in [6.07, 6.45) is 13.9. The van der Waals surface area contributed by atoms with Crippen LogP contribution in [0, 0.1) is 6.92 Å². The number of anilines is 1. The van der Waals surface area contributed by atoms with Gasteiger partial charge in [-0.15, -0.1) is 11.3 Å². The second-order valence-corrected chi connectivity index (χ2v) is 8.23. The van der Waals surface area contributed by atoms with E-state index in [2.05, 4.69) is 12.3 Å². The lowest BCUT2D eigenvalue weighted by atomic mass is 10.1. The van der Waals surface area contributed by atoms with Crippen molar-refractivity contribution in [1.29, 1.82) is 0 Å². The molecule has 0 spiro atoms. The zero-order chi connectivity index (χ0) is 18.1. The molecule has 0 aromatic carbocycles. The topological polar surface area (TPSA) is 41.6 Å². The van der Waals surface area contributed by atoms with Gasteiger partial charge in [0.2, 0.25) is 0 Å². The Morgan fingerprint density at radius 3 is 2.28 bits per heavy atom. The second-order valence-electron chi connectivity index (χ2n) is 7.00. The molecule has 5 heteroatoms. The molecule has 0 fully saturated rings. The molecular weight excluding hydrogens is 332 g/mol. The van der Waals surface area contributed by atoms with Crippen molar-refractivity contribution in [2.75, 3.05) is 12.1 Å². The smallest absolute Gasteiger partial charge is 0.343 e. The first-order chi connectivity index (χ1) is 12.2. The number of hydrogen-bond acceptors (Lipinski definition) is 5. The molecular formula is C20H34N2O2S. The molecule has 0 bridgehead atoms. The monoisotopic (exact) mass is 366 g/mol. The Bertz CT molecular complexity index is 530. The van der Waals surface area contributed by atoms with E-state index in [1.165, 1.54) is 57.8 Å². The van der Waals surface area contributed by atoms with Crippen LogP contribution >= 0.6 is 11.3 Å². The van der Waals surface area contributed by atoms with Gasteiger partial charge in [0.05, 0.1) is 5.56 Å². The molecule has 0 aliphatic carbocycles.